The van der Waals surface area contributed by atoms with Gasteiger partial charge in [-0.1, -0.05) is 6.92 Å². The fourth-order valence-electron chi connectivity index (χ4n) is 3.80. The molecule has 2 N–H and O–H groups in total. The Morgan fingerprint density at radius 3 is 2.56 bits per heavy atom. The van der Waals surface area contributed by atoms with Gasteiger partial charge in [0, 0.05) is 32.2 Å². The summed E-state index contributed by atoms with van der Waals surface area (Å²) in [5, 5.41) is 10.7. The molecule has 5 nitrogen and oxygen atoms in total. The van der Waals surface area contributed by atoms with E-state index < -0.39 is 0 Å². The van der Waals surface area contributed by atoms with Crippen LogP contribution in [0.15, 0.2) is 22.5 Å². The summed E-state index contributed by atoms with van der Waals surface area (Å²) in [6.07, 6.45) is 5.02. The van der Waals surface area contributed by atoms with E-state index in [2.05, 4.69) is 51.8 Å². The minimum absolute atomic E-state index is 0. The Kier molecular flexibility index (Phi) is 10.2. The number of rotatable bonds is 6. The number of aliphatic imine (C=N–C) groups is 1. The van der Waals surface area contributed by atoms with Gasteiger partial charge < -0.3 is 20.4 Å². The molecular weight excluding hydrogens is 469 g/mol. The zero-order valence-corrected chi connectivity index (χ0v) is 20.0. The molecule has 2 aliphatic rings. The van der Waals surface area contributed by atoms with Gasteiger partial charge in [0.1, 0.15) is 0 Å². The van der Waals surface area contributed by atoms with Crippen LogP contribution in [0.5, 0.6) is 0 Å². The monoisotopic (exact) mass is 505 g/mol. The largest absolute Gasteiger partial charge is 0.363 e. The molecule has 0 aromatic carbocycles. The van der Waals surface area contributed by atoms with Crippen LogP contribution in [0.4, 0.5) is 5.00 Å². The van der Waals surface area contributed by atoms with Crippen molar-refractivity contribution in [1.29, 1.82) is 0 Å². The highest BCUT2D eigenvalue weighted by atomic mass is 127. The molecule has 0 saturated carbocycles. The van der Waals surface area contributed by atoms with E-state index in [1.165, 1.54) is 43.8 Å². The predicted octanol–water partition coefficient (Wildman–Crippen LogP) is 3.62. The number of nitrogens with zero attached hydrogens (tertiary/aromatic N) is 3. The zero-order valence-electron chi connectivity index (χ0n) is 16.8. The molecule has 2 aliphatic heterocycles. The quantitative estimate of drug-likeness (QED) is 0.352. The van der Waals surface area contributed by atoms with E-state index in [-0.39, 0.29) is 24.0 Å². The molecule has 0 atom stereocenters. The van der Waals surface area contributed by atoms with Crippen molar-refractivity contribution >= 4 is 46.3 Å². The van der Waals surface area contributed by atoms with E-state index in [0.29, 0.717) is 6.04 Å². The third-order valence-electron chi connectivity index (χ3n) is 5.56. The van der Waals surface area contributed by atoms with E-state index in [1.807, 2.05) is 11.3 Å². The summed E-state index contributed by atoms with van der Waals surface area (Å²) in [6.45, 7) is 12.1. The standard InChI is InChI=1S/C20H35N5S.HI/c1-3-21-20(22-10-15-24-11-6-17(2)7-12-24)23-18-8-13-25(14-9-18)19-5-4-16-26-19;/h4-5,16-18H,3,6-15H2,1-2H3,(H2,21,22,23);1H. The van der Waals surface area contributed by atoms with Crippen molar-refractivity contribution in [2.24, 2.45) is 10.9 Å². The molecule has 27 heavy (non-hydrogen) atoms. The smallest absolute Gasteiger partial charge is 0.191 e. The number of piperidine rings is 2. The third-order valence-corrected chi connectivity index (χ3v) is 6.49. The first-order valence-electron chi connectivity index (χ1n) is 10.3. The van der Waals surface area contributed by atoms with Crippen LogP contribution in [0.3, 0.4) is 0 Å². The van der Waals surface area contributed by atoms with Crippen LogP contribution < -0.4 is 15.5 Å². The summed E-state index contributed by atoms with van der Waals surface area (Å²) in [5.41, 5.74) is 0. The molecule has 1 aromatic rings. The Balaban J connectivity index is 0.00000261. The van der Waals surface area contributed by atoms with Gasteiger partial charge in [-0.3, -0.25) is 4.99 Å². The Labute approximate surface area is 186 Å². The second-order valence-corrected chi connectivity index (χ2v) is 8.57. The molecule has 2 fully saturated rings. The Morgan fingerprint density at radius 2 is 1.93 bits per heavy atom. The van der Waals surface area contributed by atoms with Gasteiger partial charge in [0.15, 0.2) is 5.96 Å². The van der Waals surface area contributed by atoms with E-state index in [1.54, 1.807) is 0 Å². The van der Waals surface area contributed by atoms with Crippen LogP contribution >= 0.6 is 35.3 Å². The number of guanidine groups is 1. The van der Waals surface area contributed by atoms with Gasteiger partial charge in [0.05, 0.1) is 11.5 Å². The van der Waals surface area contributed by atoms with Gasteiger partial charge in [0.25, 0.3) is 0 Å². The maximum Gasteiger partial charge on any atom is 0.191 e. The van der Waals surface area contributed by atoms with Crippen molar-refractivity contribution in [2.45, 2.75) is 45.6 Å². The number of likely N-dealkylation sites (tertiary alicyclic amines) is 1. The molecule has 0 bridgehead atoms. The molecule has 0 radical (unpaired) electrons. The lowest BCUT2D eigenvalue weighted by Gasteiger charge is -2.33. The fourth-order valence-corrected chi connectivity index (χ4v) is 4.58. The van der Waals surface area contributed by atoms with Gasteiger partial charge >= 0.3 is 0 Å². The molecule has 0 amide bonds. The Hall–Kier alpha value is -0.540. The van der Waals surface area contributed by atoms with Gasteiger partial charge in [-0.2, -0.15) is 0 Å². The fraction of sp³-hybridized carbons (Fsp3) is 0.750. The van der Waals surface area contributed by atoms with Crippen molar-refractivity contribution in [3.8, 4) is 0 Å². The summed E-state index contributed by atoms with van der Waals surface area (Å²) in [7, 11) is 0. The van der Waals surface area contributed by atoms with Gasteiger partial charge in [-0.15, -0.1) is 35.3 Å². The van der Waals surface area contributed by atoms with E-state index in [0.717, 1.165) is 44.6 Å². The highest BCUT2D eigenvalue weighted by Crippen LogP contribution is 2.24. The van der Waals surface area contributed by atoms with Gasteiger partial charge in [-0.05, 0) is 69.1 Å². The molecule has 0 aliphatic carbocycles. The average Bonchev–Trinajstić information content (AvgIpc) is 3.19. The van der Waals surface area contributed by atoms with Crippen LogP contribution in [0.25, 0.3) is 0 Å². The molecule has 3 rings (SSSR count). The van der Waals surface area contributed by atoms with Crippen LogP contribution in [-0.2, 0) is 0 Å². The zero-order chi connectivity index (χ0) is 18.2. The predicted molar refractivity (Wildman–Crippen MR) is 129 cm³/mol. The van der Waals surface area contributed by atoms with Crippen molar-refractivity contribution in [1.82, 2.24) is 15.5 Å². The molecule has 0 unspecified atom stereocenters. The third kappa shape index (κ3) is 7.42. The SMILES string of the molecule is CCNC(=NCCN1CCC(C)CC1)NC1CCN(c2cccs2)CC1.I. The Morgan fingerprint density at radius 1 is 1.19 bits per heavy atom. The van der Waals surface area contributed by atoms with E-state index in [9.17, 15) is 0 Å². The van der Waals surface area contributed by atoms with Crippen LogP contribution in [0.1, 0.15) is 39.5 Å². The minimum Gasteiger partial charge on any atom is -0.363 e. The molecule has 2 saturated heterocycles. The lowest BCUT2D eigenvalue weighted by atomic mass is 9.99. The number of hydrogen-bond donors (Lipinski definition) is 2. The van der Waals surface area contributed by atoms with Crippen molar-refractivity contribution in [3.05, 3.63) is 17.5 Å². The molecular formula is C20H36IN5S. The van der Waals surface area contributed by atoms with Crippen LogP contribution in [-0.4, -0.2) is 62.7 Å². The lowest BCUT2D eigenvalue weighted by Crippen LogP contribution is -2.49. The minimum atomic E-state index is 0. The maximum absolute atomic E-state index is 4.83. The normalized spacial score (nSPS) is 20.4. The molecule has 7 heteroatoms. The molecule has 154 valence electrons. The number of thiophene rings is 1. The number of halogens is 1. The first kappa shape index (κ1) is 22.7. The topological polar surface area (TPSA) is 42.9 Å². The second-order valence-electron chi connectivity index (χ2n) is 7.64. The second kappa shape index (κ2) is 12.1. The first-order valence-corrected chi connectivity index (χ1v) is 11.2. The molecule has 3 heterocycles. The highest BCUT2D eigenvalue weighted by Gasteiger charge is 2.21. The van der Waals surface area contributed by atoms with Crippen LogP contribution in [0, 0.1) is 5.92 Å². The molecule has 1 aromatic heterocycles. The van der Waals surface area contributed by atoms with E-state index in [4.69, 9.17) is 4.99 Å². The molecule has 0 spiro atoms. The number of nitrogens with one attached hydrogen (secondary N) is 2. The average molecular weight is 506 g/mol. The summed E-state index contributed by atoms with van der Waals surface area (Å²) < 4.78 is 0. The number of anilines is 1. The highest BCUT2D eigenvalue weighted by molar-refractivity contribution is 14.0. The summed E-state index contributed by atoms with van der Waals surface area (Å²) in [5.74, 6) is 1.89. The Bertz CT molecular complexity index is 535. The summed E-state index contributed by atoms with van der Waals surface area (Å²) >= 11 is 1.84. The van der Waals surface area contributed by atoms with Crippen LogP contribution in [0.2, 0.25) is 0 Å². The van der Waals surface area contributed by atoms with Crippen molar-refractivity contribution < 1.29 is 0 Å². The number of hydrogen-bond acceptors (Lipinski definition) is 4. The van der Waals surface area contributed by atoms with Gasteiger partial charge in [0.2, 0.25) is 0 Å². The van der Waals surface area contributed by atoms with Crippen molar-refractivity contribution in [2.75, 3.05) is 50.7 Å². The van der Waals surface area contributed by atoms with E-state index >= 15 is 0 Å². The lowest BCUT2D eigenvalue weighted by molar-refractivity contribution is 0.197. The first-order chi connectivity index (χ1) is 12.7. The van der Waals surface area contributed by atoms with Crippen molar-refractivity contribution in [3.63, 3.8) is 0 Å². The summed E-state index contributed by atoms with van der Waals surface area (Å²) in [4.78, 5) is 9.90. The maximum atomic E-state index is 4.83. The van der Waals surface area contributed by atoms with Gasteiger partial charge in [-0.25, -0.2) is 0 Å². The summed E-state index contributed by atoms with van der Waals surface area (Å²) in [6, 6.07) is 4.90.